The van der Waals surface area contributed by atoms with Crippen LogP contribution in [-0.4, -0.2) is 0 Å². The molecule has 96 valence electrons. The van der Waals surface area contributed by atoms with Crippen molar-refractivity contribution in [3.63, 3.8) is 0 Å². The van der Waals surface area contributed by atoms with E-state index in [0.29, 0.717) is 0 Å². The molecule has 0 spiro atoms. The zero-order chi connectivity index (χ0) is 13.3. The van der Waals surface area contributed by atoms with Crippen molar-refractivity contribution in [2.45, 2.75) is 12.5 Å². The third-order valence-corrected chi connectivity index (χ3v) is 3.72. The Hall–Kier alpha value is -1.58. The Labute approximate surface area is 121 Å². The van der Waals surface area contributed by atoms with Gasteiger partial charge in [-0.15, -0.1) is 0 Å². The summed E-state index contributed by atoms with van der Waals surface area (Å²) in [6.07, 6.45) is 2.02. The summed E-state index contributed by atoms with van der Waals surface area (Å²) in [6.45, 7) is 2.03. The number of benzene rings is 2. The van der Waals surface area contributed by atoms with Crippen LogP contribution in [-0.2, 0) is 10.4 Å². The average molecular weight is 316 g/mol. The highest BCUT2D eigenvalue weighted by Gasteiger charge is 2.31. The third kappa shape index (κ3) is 2.44. The van der Waals surface area contributed by atoms with Gasteiger partial charge in [0.15, 0.2) is 0 Å². The molecule has 0 bridgehead atoms. The molecule has 19 heavy (non-hydrogen) atoms. The first-order valence-corrected chi connectivity index (χ1v) is 6.95. The molecule has 0 saturated carbocycles. The van der Waals surface area contributed by atoms with Crippen LogP contribution in [0, 0.1) is 0 Å². The molecule has 2 aromatic rings. The predicted molar refractivity (Wildman–Crippen MR) is 80.5 cm³/mol. The second-order valence-corrected chi connectivity index (χ2v) is 5.60. The molecule has 0 fully saturated rings. The standard InChI is InChI=1S/C16H14BrNO/c1-16(11-15(17)18-19-16)14-9-7-13(8-10-14)12-5-3-2-4-6-12/h2-11,18H,1H3/t16-/m0/s1. The van der Waals surface area contributed by atoms with Crippen molar-refractivity contribution >= 4 is 15.9 Å². The normalized spacial score (nSPS) is 21.9. The second kappa shape index (κ2) is 4.83. The van der Waals surface area contributed by atoms with Crippen LogP contribution in [0.15, 0.2) is 65.3 Å². The van der Waals surface area contributed by atoms with Gasteiger partial charge >= 0.3 is 0 Å². The van der Waals surface area contributed by atoms with Gasteiger partial charge in [-0.25, -0.2) is 0 Å². The van der Waals surface area contributed by atoms with Gasteiger partial charge in [0, 0.05) is 0 Å². The Bertz CT molecular complexity index is 606. The molecule has 3 heteroatoms. The molecule has 2 nitrogen and oxygen atoms in total. The van der Waals surface area contributed by atoms with Crippen molar-refractivity contribution in [1.82, 2.24) is 5.48 Å². The summed E-state index contributed by atoms with van der Waals surface area (Å²) in [7, 11) is 0. The van der Waals surface area contributed by atoms with E-state index in [2.05, 4.69) is 69.9 Å². The molecule has 1 aliphatic rings. The molecule has 3 rings (SSSR count). The van der Waals surface area contributed by atoms with Crippen LogP contribution >= 0.6 is 15.9 Å². The van der Waals surface area contributed by atoms with Crippen molar-refractivity contribution < 1.29 is 4.84 Å². The molecule has 2 aromatic carbocycles. The van der Waals surface area contributed by atoms with Crippen LogP contribution in [0.2, 0.25) is 0 Å². The number of halogens is 1. The maximum Gasteiger partial charge on any atom is 0.139 e. The molecule has 0 aliphatic carbocycles. The van der Waals surface area contributed by atoms with Gasteiger partial charge in [0.2, 0.25) is 0 Å². The summed E-state index contributed by atoms with van der Waals surface area (Å²) in [5.41, 5.74) is 5.96. The highest BCUT2D eigenvalue weighted by Crippen LogP contribution is 2.33. The highest BCUT2D eigenvalue weighted by molar-refractivity contribution is 9.11. The Kier molecular flexibility index (Phi) is 3.17. The minimum Gasteiger partial charge on any atom is -0.260 e. The van der Waals surface area contributed by atoms with E-state index in [1.807, 2.05) is 19.1 Å². The largest absolute Gasteiger partial charge is 0.260 e. The number of hydrogen-bond donors (Lipinski definition) is 1. The van der Waals surface area contributed by atoms with Crippen LogP contribution in [0.25, 0.3) is 11.1 Å². The highest BCUT2D eigenvalue weighted by atomic mass is 79.9. The minimum atomic E-state index is -0.423. The predicted octanol–water partition coefficient (Wildman–Crippen LogP) is 4.34. The number of hydrogen-bond acceptors (Lipinski definition) is 2. The zero-order valence-corrected chi connectivity index (χ0v) is 12.1. The molecule has 0 radical (unpaired) electrons. The summed E-state index contributed by atoms with van der Waals surface area (Å²) < 4.78 is 0.863. The molecule has 0 amide bonds. The van der Waals surface area contributed by atoms with Gasteiger partial charge in [-0.3, -0.25) is 10.3 Å². The zero-order valence-electron chi connectivity index (χ0n) is 10.6. The van der Waals surface area contributed by atoms with Crippen LogP contribution in [0.5, 0.6) is 0 Å². The molecular weight excluding hydrogens is 302 g/mol. The lowest BCUT2D eigenvalue weighted by Gasteiger charge is -2.20. The lowest BCUT2D eigenvalue weighted by molar-refractivity contribution is -0.0288. The third-order valence-electron chi connectivity index (χ3n) is 3.33. The van der Waals surface area contributed by atoms with Crippen LogP contribution < -0.4 is 5.48 Å². The molecule has 1 aliphatic heterocycles. The van der Waals surface area contributed by atoms with Gasteiger partial charge in [0.25, 0.3) is 0 Å². The topological polar surface area (TPSA) is 21.3 Å². The lowest BCUT2D eigenvalue weighted by atomic mass is 9.94. The van der Waals surface area contributed by atoms with Crippen molar-refractivity contribution in [3.8, 4) is 11.1 Å². The quantitative estimate of drug-likeness (QED) is 0.832. The van der Waals surface area contributed by atoms with E-state index in [4.69, 9.17) is 4.84 Å². The van der Waals surface area contributed by atoms with E-state index in [1.54, 1.807) is 0 Å². The average Bonchev–Trinajstić information content (AvgIpc) is 2.81. The summed E-state index contributed by atoms with van der Waals surface area (Å²) in [5, 5.41) is 0. The van der Waals surface area contributed by atoms with Crippen LogP contribution in [0.1, 0.15) is 12.5 Å². The van der Waals surface area contributed by atoms with Crippen LogP contribution in [0.3, 0.4) is 0 Å². The second-order valence-electron chi connectivity index (χ2n) is 4.75. The Balaban J connectivity index is 1.92. The molecule has 1 atom stereocenters. The summed E-state index contributed by atoms with van der Waals surface area (Å²) in [5.74, 6) is 0. The molecule has 1 heterocycles. The van der Waals surface area contributed by atoms with Gasteiger partial charge in [-0.1, -0.05) is 54.6 Å². The Morgan fingerprint density at radius 2 is 1.58 bits per heavy atom. The van der Waals surface area contributed by atoms with Crippen molar-refractivity contribution in [3.05, 3.63) is 70.8 Å². The van der Waals surface area contributed by atoms with E-state index in [-0.39, 0.29) is 0 Å². The van der Waals surface area contributed by atoms with E-state index in [9.17, 15) is 0 Å². The summed E-state index contributed by atoms with van der Waals surface area (Å²) in [4.78, 5) is 5.59. The first-order chi connectivity index (χ1) is 9.17. The minimum absolute atomic E-state index is 0.423. The van der Waals surface area contributed by atoms with Gasteiger partial charge in [0.1, 0.15) is 10.2 Å². The maximum atomic E-state index is 5.59. The molecule has 0 unspecified atom stereocenters. The molecule has 1 N–H and O–H groups in total. The smallest absolute Gasteiger partial charge is 0.139 e. The Morgan fingerprint density at radius 1 is 0.947 bits per heavy atom. The molecular formula is C16H14BrNO. The summed E-state index contributed by atoms with van der Waals surface area (Å²) in [6, 6.07) is 18.8. The van der Waals surface area contributed by atoms with Gasteiger partial charge in [0.05, 0.1) is 0 Å². The van der Waals surface area contributed by atoms with Crippen molar-refractivity contribution in [1.29, 1.82) is 0 Å². The fourth-order valence-electron chi connectivity index (χ4n) is 2.22. The fourth-order valence-corrected chi connectivity index (χ4v) is 2.74. The first-order valence-electron chi connectivity index (χ1n) is 6.16. The van der Waals surface area contributed by atoms with Gasteiger partial charge in [-0.05, 0) is 45.6 Å². The number of rotatable bonds is 2. The Morgan fingerprint density at radius 3 is 2.16 bits per heavy atom. The van der Waals surface area contributed by atoms with Gasteiger partial charge < -0.3 is 0 Å². The van der Waals surface area contributed by atoms with E-state index in [0.717, 1.165) is 10.2 Å². The fraction of sp³-hybridized carbons (Fsp3) is 0.125. The first kappa shape index (κ1) is 12.5. The summed E-state index contributed by atoms with van der Waals surface area (Å²) >= 11 is 3.39. The number of nitrogens with one attached hydrogen (secondary N) is 1. The van der Waals surface area contributed by atoms with E-state index in [1.165, 1.54) is 11.1 Å². The monoisotopic (exact) mass is 315 g/mol. The maximum absolute atomic E-state index is 5.59. The van der Waals surface area contributed by atoms with E-state index >= 15 is 0 Å². The van der Waals surface area contributed by atoms with Crippen LogP contribution in [0.4, 0.5) is 0 Å². The number of hydroxylamine groups is 1. The molecule has 0 aromatic heterocycles. The van der Waals surface area contributed by atoms with Crippen molar-refractivity contribution in [2.75, 3.05) is 0 Å². The lowest BCUT2D eigenvalue weighted by Crippen LogP contribution is -2.22. The molecule has 0 saturated heterocycles. The van der Waals surface area contributed by atoms with Gasteiger partial charge in [-0.2, -0.15) is 0 Å². The SMILES string of the molecule is C[C@@]1(c2ccc(-c3ccccc3)cc2)C=C(Br)NO1. The van der Waals surface area contributed by atoms with E-state index < -0.39 is 5.60 Å². The van der Waals surface area contributed by atoms with Crippen molar-refractivity contribution in [2.24, 2.45) is 0 Å².